The van der Waals surface area contributed by atoms with Crippen LogP contribution in [0.5, 0.6) is 0 Å². The van der Waals surface area contributed by atoms with Crippen LogP contribution in [0.2, 0.25) is 0 Å². The number of nitrogens with one attached hydrogen (secondary N) is 1. The van der Waals surface area contributed by atoms with E-state index in [9.17, 15) is 4.79 Å². The molecule has 3 heteroatoms. The fourth-order valence-electron chi connectivity index (χ4n) is 1.49. The molecule has 1 aromatic carbocycles. The summed E-state index contributed by atoms with van der Waals surface area (Å²) in [6.45, 7) is 1.94. The first-order valence-electron chi connectivity index (χ1n) is 5.74. The van der Waals surface area contributed by atoms with Crippen molar-refractivity contribution in [2.45, 2.75) is 32.2 Å². The Bertz CT molecular complexity index is 418. The van der Waals surface area contributed by atoms with Gasteiger partial charge in [0.2, 0.25) is 5.91 Å². The van der Waals surface area contributed by atoms with Gasteiger partial charge in [0.1, 0.15) is 0 Å². The third-order valence-corrected chi connectivity index (χ3v) is 2.38. The fraction of sp³-hybridized carbons (Fsp3) is 0.357. The van der Waals surface area contributed by atoms with Crippen molar-refractivity contribution in [3.05, 3.63) is 29.8 Å². The van der Waals surface area contributed by atoms with Crippen molar-refractivity contribution in [3.63, 3.8) is 0 Å². The third kappa shape index (κ3) is 5.19. The van der Waals surface area contributed by atoms with Gasteiger partial charge in [0.05, 0.1) is 0 Å². The molecule has 0 aromatic heterocycles. The SMILES string of the molecule is C#Cc1cccc(NC(=O)CCCC(C)N)c1. The molecule has 1 aromatic rings. The number of carbonyl (C=O) groups excluding carboxylic acids is 1. The molecule has 0 aliphatic carbocycles. The molecule has 0 aliphatic heterocycles. The van der Waals surface area contributed by atoms with Crippen LogP contribution >= 0.6 is 0 Å². The highest BCUT2D eigenvalue weighted by Gasteiger charge is 2.03. The van der Waals surface area contributed by atoms with Gasteiger partial charge in [-0.3, -0.25) is 4.79 Å². The highest BCUT2D eigenvalue weighted by molar-refractivity contribution is 5.90. The van der Waals surface area contributed by atoms with E-state index in [1.165, 1.54) is 0 Å². The predicted octanol–water partition coefficient (Wildman–Crippen LogP) is 2.12. The van der Waals surface area contributed by atoms with E-state index in [-0.39, 0.29) is 11.9 Å². The van der Waals surface area contributed by atoms with Crippen molar-refractivity contribution in [1.29, 1.82) is 0 Å². The van der Waals surface area contributed by atoms with E-state index in [4.69, 9.17) is 12.2 Å². The smallest absolute Gasteiger partial charge is 0.224 e. The average molecular weight is 230 g/mol. The lowest BCUT2D eigenvalue weighted by atomic mass is 10.1. The van der Waals surface area contributed by atoms with Gasteiger partial charge in [-0.2, -0.15) is 0 Å². The van der Waals surface area contributed by atoms with Gasteiger partial charge in [0, 0.05) is 23.7 Å². The highest BCUT2D eigenvalue weighted by atomic mass is 16.1. The zero-order chi connectivity index (χ0) is 12.7. The van der Waals surface area contributed by atoms with Crippen molar-refractivity contribution >= 4 is 11.6 Å². The van der Waals surface area contributed by atoms with Gasteiger partial charge in [0.15, 0.2) is 0 Å². The standard InChI is InChI=1S/C14H18N2O/c1-3-12-7-5-8-13(10-12)16-14(17)9-4-6-11(2)15/h1,5,7-8,10-11H,4,6,9,15H2,2H3,(H,16,17). The molecule has 0 fully saturated rings. The van der Waals surface area contributed by atoms with Crippen molar-refractivity contribution in [3.8, 4) is 12.3 Å². The Labute approximate surface area is 102 Å². The Balaban J connectivity index is 2.43. The molecule has 0 heterocycles. The molecule has 0 bridgehead atoms. The quantitative estimate of drug-likeness (QED) is 0.761. The fourth-order valence-corrected chi connectivity index (χ4v) is 1.49. The number of rotatable bonds is 5. The molecule has 3 nitrogen and oxygen atoms in total. The maximum atomic E-state index is 11.6. The summed E-state index contributed by atoms with van der Waals surface area (Å²) in [5, 5.41) is 2.82. The summed E-state index contributed by atoms with van der Waals surface area (Å²) in [5.41, 5.74) is 7.12. The van der Waals surface area contributed by atoms with Gasteiger partial charge in [-0.1, -0.05) is 12.0 Å². The zero-order valence-corrected chi connectivity index (χ0v) is 10.1. The van der Waals surface area contributed by atoms with E-state index >= 15 is 0 Å². The van der Waals surface area contributed by atoms with Gasteiger partial charge in [-0.25, -0.2) is 0 Å². The van der Waals surface area contributed by atoms with E-state index in [2.05, 4.69) is 11.2 Å². The Morgan fingerprint density at radius 3 is 3.00 bits per heavy atom. The second kappa shape index (κ2) is 6.72. The second-order valence-electron chi connectivity index (χ2n) is 4.14. The number of nitrogens with two attached hydrogens (primary N) is 1. The van der Waals surface area contributed by atoms with Gasteiger partial charge in [-0.15, -0.1) is 6.42 Å². The monoisotopic (exact) mass is 230 g/mol. The van der Waals surface area contributed by atoms with E-state index in [0.29, 0.717) is 6.42 Å². The molecule has 0 radical (unpaired) electrons. The number of hydrogen-bond acceptors (Lipinski definition) is 2. The largest absolute Gasteiger partial charge is 0.328 e. The number of benzene rings is 1. The summed E-state index contributed by atoms with van der Waals surface area (Å²) in [4.78, 5) is 11.6. The number of hydrogen-bond donors (Lipinski definition) is 2. The first-order valence-corrected chi connectivity index (χ1v) is 5.74. The van der Waals surface area contributed by atoms with Crippen LogP contribution in [0.4, 0.5) is 5.69 Å². The Morgan fingerprint density at radius 1 is 1.59 bits per heavy atom. The summed E-state index contributed by atoms with van der Waals surface area (Å²) in [6.07, 6.45) is 7.44. The molecule has 1 amide bonds. The summed E-state index contributed by atoms with van der Waals surface area (Å²) in [7, 11) is 0. The Hall–Kier alpha value is -1.79. The topological polar surface area (TPSA) is 55.1 Å². The highest BCUT2D eigenvalue weighted by Crippen LogP contribution is 2.10. The summed E-state index contributed by atoms with van der Waals surface area (Å²) < 4.78 is 0. The normalized spacial score (nSPS) is 11.6. The lowest BCUT2D eigenvalue weighted by Crippen LogP contribution is -2.16. The van der Waals surface area contributed by atoms with Gasteiger partial charge < -0.3 is 11.1 Å². The maximum absolute atomic E-state index is 11.6. The lowest BCUT2D eigenvalue weighted by molar-refractivity contribution is -0.116. The Kier molecular flexibility index (Phi) is 5.25. The molecule has 0 spiro atoms. The van der Waals surface area contributed by atoms with Gasteiger partial charge in [-0.05, 0) is 38.0 Å². The molecule has 0 aliphatic rings. The summed E-state index contributed by atoms with van der Waals surface area (Å²) >= 11 is 0. The van der Waals surface area contributed by atoms with Crippen molar-refractivity contribution in [2.75, 3.05) is 5.32 Å². The molecular weight excluding hydrogens is 212 g/mol. The predicted molar refractivity (Wildman–Crippen MR) is 70.5 cm³/mol. The van der Waals surface area contributed by atoms with Crippen molar-refractivity contribution in [2.24, 2.45) is 5.73 Å². The van der Waals surface area contributed by atoms with Gasteiger partial charge >= 0.3 is 0 Å². The lowest BCUT2D eigenvalue weighted by Gasteiger charge is -2.06. The van der Waals surface area contributed by atoms with Crippen LogP contribution in [0.25, 0.3) is 0 Å². The van der Waals surface area contributed by atoms with Crippen molar-refractivity contribution in [1.82, 2.24) is 0 Å². The molecule has 1 atom stereocenters. The summed E-state index contributed by atoms with van der Waals surface area (Å²) in [5.74, 6) is 2.53. The van der Waals surface area contributed by atoms with Crippen molar-refractivity contribution < 1.29 is 4.79 Å². The molecule has 1 rings (SSSR count). The average Bonchev–Trinajstić information content (AvgIpc) is 2.28. The molecule has 1 unspecified atom stereocenters. The third-order valence-electron chi connectivity index (χ3n) is 2.38. The minimum Gasteiger partial charge on any atom is -0.328 e. The molecule has 0 saturated carbocycles. The van der Waals surface area contributed by atoms with Gasteiger partial charge in [0.25, 0.3) is 0 Å². The number of carbonyl (C=O) groups is 1. The van der Waals surface area contributed by atoms with Crippen LogP contribution in [0.15, 0.2) is 24.3 Å². The molecule has 3 N–H and O–H groups in total. The minimum absolute atomic E-state index is 0.000165. The first-order chi connectivity index (χ1) is 8.11. The van der Waals surface area contributed by atoms with Crippen LogP contribution in [0.3, 0.4) is 0 Å². The van der Waals surface area contributed by atoms with Crippen LogP contribution in [0, 0.1) is 12.3 Å². The molecule has 17 heavy (non-hydrogen) atoms. The van der Waals surface area contributed by atoms with E-state index in [1.807, 2.05) is 25.1 Å². The maximum Gasteiger partial charge on any atom is 0.224 e. The number of amides is 1. The van der Waals surface area contributed by atoms with Crippen LogP contribution in [-0.4, -0.2) is 11.9 Å². The zero-order valence-electron chi connectivity index (χ0n) is 10.1. The number of terminal acetylenes is 1. The van der Waals surface area contributed by atoms with E-state index in [1.54, 1.807) is 6.07 Å². The Morgan fingerprint density at radius 2 is 2.35 bits per heavy atom. The van der Waals surface area contributed by atoms with Crippen LogP contribution < -0.4 is 11.1 Å². The van der Waals surface area contributed by atoms with E-state index < -0.39 is 0 Å². The minimum atomic E-state index is -0.000165. The summed E-state index contributed by atoms with van der Waals surface area (Å²) in [6, 6.07) is 7.40. The first kappa shape index (κ1) is 13.3. The van der Waals surface area contributed by atoms with Crippen LogP contribution in [-0.2, 0) is 4.79 Å². The second-order valence-corrected chi connectivity index (χ2v) is 4.14. The van der Waals surface area contributed by atoms with E-state index in [0.717, 1.165) is 24.1 Å². The number of anilines is 1. The molecule has 90 valence electrons. The van der Waals surface area contributed by atoms with Crippen LogP contribution in [0.1, 0.15) is 31.7 Å². The molecule has 0 saturated heterocycles. The molecular formula is C14H18N2O.